The van der Waals surface area contributed by atoms with Crippen LogP contribution < -0.4 is 27.8 Å². The summed E-state index contributed by atoms with van der Waals surface area (Å²) in [7, 11) is 0. The molecule has 0 aliphatic carbocycles. The molecule has 36 heavy (non-hydrogen) atoms. The summed E-state index contributed by atoms with van der Waals surface area (Å²) in [6.07, 6.45) is 5.75. The van der Waals surface area contributed by atoms with E-state index in [0.29, 0.717) is 58.2 Å². The van der Waals surface area contributed by atoms with Crippen molar-refractivity contribution in [2.75, 3.05) is 26.2 Å². The van der Waals surface area contributed by atoms with E-state index in [-0.39, 0.29) is 25.3 Å². The van der Waals surface area contributed by atoms with Crippen molar-refractivity contribution in [1.82, 2.24) is 20.4 Å². The Morgan fingerprint density at radius 1 is 0.972 bits per heavy atom. The van der Waals surface area contributed by atoms with Crippen molar-refractivity contribution in [3.05, 3.63) is 0 Å². The van der Waals surface area contributed by atoms with Crippen molar-refractivity contribution < 1.29 is 28.8 Å². The van der Waals surface area contributed by atoms with Crippen molar-refractivity contribution in [1.29, 1.82) is 0 Å². The Balaban J connectivity index is 1.91. The molecule has 1 radical (unpaired) electrons. The van der Waals surface area contributed by atoms with Gasteiger partial charge in [-0.3, -0.25) is 28.8 Å². The number of unbranched alkanes of at least 4 members (excludes halogenated alkanes) is 1. The molecule has 201 valence electrons. The van der Waals surface area contributed by atoms with Gasteiger partial charge in [0.2, 0.25) is 35.8 Å². The topological polar surface area (TPSA) is 211 Å². The van der Waals surface area contributed by atoms with Gasteiger partial charge in [0.1, 0.15) is 12.1 Å². The van der Waals surface area contributed by atoms with Crippen LogP contribution in [0.5, 0.6) is 0 Å². The monoisotopic (exact) mass is 508 g/mol. The summed E-state index contributed by atoms with van der Waals surface area (Å²) in [6, 6.07) is -3.20. The first-order valence-electron chi connectivity index (χ1n) is 12.5. The quantitative estimate of drug-likeness (QED) is 0.157. The molecular formula is C23H38N7O6. The van der Waals surface area contributed by atoms with Crippen LogP contribution in [0, 0.1) is 0 Å². The molecule has 13 heteroatoms. The SMILES string of the molecule is NCCCC[C@@H]([C]=O)NC(=O)CNC(=O)[C@@H]1CCCN1C(=O)[C@@H]1CCCN1C(=O)[C@@H](N)CCC(N)=O. The Labute approximate surface area is 210 Å². The second-order valence-corrected chi connectivity index (χ2v) is 9.23. The molecule has 2 heterocycles. The van der Waals surface area contributed by atoms with E-state index in [1.807, 2.05) is 0 Å². The maximum atomic E-state index is 13.3. The Hall–Kier alpha value is -3.06. The first-order chi connectivity index (χ1) is 17.2. The van der Waals surface area contributed by atoms with Crippen LogP contribution in [0.2, 0.25) is 0 Å². The number of amides is 5. The van der Waals surface area contributed by atoms with Gasteiger partial charge in [0, 0.05) is 19.5 Å². The molecule has 4 atom stereocenters. The van der Waals surface area contributed by atoms with Gasteiger partial charge in [-0.15, -0.1) is 0 Å². The Bertz CT molecular complexity index is 823. The van der Waals surface area contributed by atoms with Crippen LogP contribution in [0.3, 0.4) is 0 Å². The summed E-state index contributed by atoms with van der Waals surface area (Å²) in [6.45, 7) is 0.875. The molecule has 2 saturated heterocycles. The predicted octanol–water partition coefficient (Wildman–Crippen LogP) is -2.60. The van der Waals surface area contributed by atoms with Gasteiger partial charge >= 0.3 is 0 Å². The molecule has 2 fully saturated rings. The van der Waals surface area contributed by atoms with Gasteiger partial charge < -0.3 is 37.6 Å². The zero-order chi connectivity index (χ0) is 26.7. The average Bonchev–Trinajstić information content (AvgIpc) is 3.54. The largest absolute Gasteiger partial charge is 0.370 e. The highest BCUT2D eigenvalue weighted by atomic mass is 16.2. The molecule has 0 aromatic carbocycles. The van der Waals surface area contributed by atoms with Gasteiger partial charge in [0.15, 0.2) is 0 Å². The highest BCUT2D eigenvalue weighted by Crippen LogP contribution is 2.25. The number of carbonyl (C=O) groups excluding carboxylic acids is 6. The molecule has 13 nitrogen and oxygen atoms in total. The number of nitrogens with one attached hydrogen (secondary N) is 2. The third kappa shape index (κ3) is 8.26. The number of carbonyl (C=O) groups is 5. The zero-order valence-corrected chi connectivity index (χ0v) is 20.6. The molecule has 2 rings (SSSR count). The second kappa shape index (κ2) is 14.5. The van der Waals surface area contributed by atoms with Crippen LogP contribution in [-0.4, -0.2) is 96.0 Å². The smallest absolute Gasteiger partial charge is 0.246 e. The molecule has 0 bridgehead atoms. The lowest BCUT2D eigenvalue weighted by atomic mass is 10.1. The number of nitrogens with two attached hydrogens (primary N) is 3. The number of likely N-dealkylation sites (tertiary alicyclic amines) is 2. The third-order valence-electron chi connectivity index (χ3n) is 6.53. The average molecular weight is 509 g/mol. The summed E-state index contributed by atoms with van der Waals surface area (Å²) in [5, 5.41) is 5.05. The molecule has 0 spiro atoms. The molecular weight excluding hydrogens is 470 g/mol. The van der Waals surface area contributed by atoms with E-state index >= 15 is 0 Å². The van der Waals surface area contributed by atoms with E-state index < -0.39 is 47.8 Å². The summed E-state index contributed by atoms with van der Waals surface area (Å²) in [4.78, 5) is 76.0. The Kier molecular flexibility index (Phi) is 11.7. The highest BCUT2D eigenvalue weighted by molar-refractivity contribution is 5.95. The van der Waals surface area contributed by atoms with E-state index in [1.165, 1.54) is 9.80 Å². The fourth-order valence-corrected chi connectivity index (χ4v) is 4.60. The molecule has 0 aromatic rings. The predicted molar refractivity (Wildman–Crippen MR) is 129 cm³/mol. The van der Waals surface area contributed by atoms with Gasteiger partial charge in [-0.05, 0) is 57.9 Å². The lowest BCUT2D eigenvalue weighted by Gasteiger charge is -2.32. The van der Waals surface area contributed by atoms with Gasteiger partial charge in [0.25, 0.3) is 0 Å². The number of rotatable bonds is 14. The van der Waals surface area contributed by atoms with Crippen molar-refractivity contribution in [3.8, 4) is 0 Å². The summed E-state index contributed by atoms with van der Waals surface area (Å²) >= 11 is 0. The van der Waals surface area contributed by atoms with Crippen LogP contribution in [0.1, 0.15) is 57.8 Å². The normalized spacial score (nSPS) is 21.1. The first-order valence-corrected chi connectivity index (χ1v) is 12.5. The van der Waals surface area contributed by atoms with Gasteiger partial charge in [0.05, 0.1) is 18.6 Å². The van der Waals surface area contributed by atoms with Gasteiger partial charge in [-0.2, -0.15) is 0 Å². The number of primary amides is 1. The first kappa shape index (κ1) is 29.2. The van der Waals surface area contributed by atoms with Gasteiger partial charge in [-0.25, -0.2) is 0 Å². The molecule has 0 saturated carbocycles. The molecule has 2 aliphatic rings. The van der Waals surface area contributed by atoms with E-state index in [1.54, 1.807) is 6.29 Å². The molecule has 0 unspecified atom stereocenters. The standard InChI is InChI=1S/C23H38N7O6/c24-10-2-1-5-15(14-31)28-20(33)13-27-21(34)17-6-3-11-29(17)23(36)18-7-4-12-30(18)22(35)16(25)8-9-19(26)32/h15-18H,1-13,24-25H2,(H2,26,32)(H,27,34)(H,28,33)/t15-,16-,17-,18-/m0/s1. The molecule has 8 N–H and O–H groups in total. The number of hydrogen-bond donors (Lipinski definition) is 5. The fraction of sp³-hybridized carbons (Fsp3) is 0.739. The van der Waals surface area contributed by atoms with E-state index in [0.717, 1.165) is 6.42 Å². The minimum absolute atomic E-state index is 0.0271. The van der Waals surface area contributed by atoms with Crippen LogP contribution >= 0.6 is 0 Å². The van der Waals surface area contributed by atoms with Crippen molar-refractivity contribution >= 4 is 35.8 Å². The minimum Gasteiger partial charge on any atom is -0.370 e. The summed E-state index contributed by atoms with van der Waals surface area (Å²) in [5.74, 6) is -2.31. The van der Waals surface area contributed by atoms with Gasteiger partial charge in [-0.1, -0.05) is 0 Å². The van der Waals surface area contributed by atoms with E-state index in [4.69, 9.17) is 17.2 Å². The Morgan fingerprint density at radius 2 is 1.64 bits per heavy atom. The summed E-state index contributed by atoms with van der Waals surface area (Å²) in [5.41, 5.74) is 16.5. The minimum atomic E-state index is -0.940. The van der Waals surface area contributed by atoms with Crippen LogP contribution in [0.25, 0.3) is 0 Å². The van der Waals surface area contributed by atoms with Crippen molar-refractivity contribution in [2.24, 2.45) is 17.2 Å². The Morgan fingerprint density at radius 3 is 2.28 bits per heavy atom. The maximum absolute atomic E-state index is 13.3. The van der Waals surface area contributed by atoms with E-state index in [9.17, 15) is 28.8 Å². The van der Waals surface area contributed by atoms with Crippen LogP contribution in [0.15, 0.2) is 0 Å². The van der Waals surface area contributed by atoms with Crippen LogP contribution in [0.4, 0.5) is 0 Å². The van der Waals surface area contributed by atoms with Crippen molar-refractivity contribution in [2.45, 2.75) is 82.0 Å². The number of hydrogen-bond acceptors (Lipinski definition) is 8. The highest BCUT2D eigenvalue weighted by Gasteiger charge is 2.42. The third-order valence-corrected chi connectivity index (χ3v) is 6.53. The fourth-order valence-electron chi connectivity index (χ4n) is 4.60. The lowest BCUT2D eigenvalue weighted by Crippen LogP contribution is -2.55. The molecule has 0 aromatic heterocycles. The molecule has 5 amide bonds. The van der Waals surface area contributed by atoms with Crippen molar-refractivity contribution in [3.63, 3.8) is 0 Å². The van der Waals surface area contributed by atoms with E-state index in [2.05, 4.69) is 10.6 Å². The second-order valence-electron chi connectivity index (χ2n) is 9.23. The zero-order valence-electron chi connectivity index (χ0n) is 20.6. The summed E-state index contributed by atoms with van der Waals surface area (Å²) < 4.78 is 0. The number of nitrogens with zero attached hydrogens (tertiary/aromatic N) is 2. The molecule has 2 aliphatic heterocycles. The lowest BCUT2D eigenvalue weighted by molar-refractivity contribution is -0.147. The maximum Gasteiger partial charge on any atom is 0.246 e. The van der Waals surface area contributed by atoms with Crippen LogP contribution in [-0.2, 0) is 28.8 Å².